The first-order valence-corrected chi connectivity index (χ1v) is 10.4. The molecule has 0 bridgehead atoms. The second kappa shape index (κ2) is 10.1. The Labute approximate surface area is 183 Å². The molecule has 0 spiro atoms. The smallest absolute Gasteiger partial charge is 0.261 e. The molecule has 0 saturated heterocycles. The van der Waals surface area contributed by atoms with Gasteiger partial charge in [-0.3, -0.25) is 9.79 Å². The zero-order valence-electron chi connectivity index (χ0n) is 18.1. The van der Waals surface area contributed by atoms with Crippen molar-refractivity contribution in [1.82, 2.24) is 5.32 Å². The average molecular weight is 420 g/mol. The monoisotopic (exact) mass is 419 g/mol. The molecule has 2 aromatic rings. The van der Waals surface area contributed by atoms with Gasteiger partial charge in [0.15, 0.2) is 5.76 Å². The van der Waals surface area contributed by atoms with E-state index in [1.165, 1.54) is 0 Å². The molecule has 0 radical (unpaired) electrons. The highest BCUT2D eigenvalue weighted by molar-refractivity contribution is 6.25. The van der Waals surface area contributed by atoms with Crippen molar-refractivity contribution < 1.29 is 15.0 Å². The van der Waals surface area contributed by atoms with Crippen LogP contribution in [0.4, 0.5) is 11.4 Å². The number of hydrogen-bond donors (Lipinski definition) is 4. The van der Waals surface area contributed by atoms with Crippen molar-refractivity contribution >= 4 is 23.0 Å². The minimum atomic E-state index is -0.549. The Balaban J connectivity index is 2.02. The summed E-state index contributed by atoms with van der Waals surface area (Å²) in [7, 11) is 0. The Kier molecular flexibility index (Phi) is 7.26. The largest absolute Gasteiger partial charge is 0.505 e. The molecule has 6 nitrogen and oxygen atoms in total. The lowest BCUT2D eigenvalue weighted by Gasteiger charge is -2.22. The minimum absolute atomic E-state index is 0.0878. The number of allylic oxidation sites excluding steroid dienone is 1. The molecule has 0 aliphatic carbocycles. The number of amides is 1. The molecular weight excluding hydrogens is 390 g/mol. The summed E-state index contributed by atoms with van der Waals surface area (Å²) in [6, 6.07) is 18.8. The maximum absolute atomic E-state index is 12.8. The number of nitrogens with one attached hydrogen (secondary N) is 2. The molecule has 2 aromatic carbocycles. The molecule has 1 aliphatic rings. The predicted molar refractivity (Wildman–Crippen MR) is 124 cm³/mol. The third-order valence-electron chi connectivity index (χ3n) is 4.96. The number of carbonyl (C=O) groups excluding carboxylic acids is 1. The standard InChI is InChI=1S/C25H29N3O3/c1-16(2)23-24(30)22(25(31)28-23)21(27-19-12-8-5-9-13-19)15-20(14-17(3)29)26-18-10-6-4-7-11-18/h4-13,17,20,26,29-30H,14-15H2,1-3H3,(H,28,31)/t17-,20+/m0/s1. The van der Waals surface area contributed by atoms with Gasteiger partial charge < -0.3 is 20.8 Å². The number of para-hydroxylation sites is 2. The minimum Gasteiger partial charge on any atom is -0.505 e. The maximum atomic E-state index is 12.8. The van der Waals surface area contributed by atoms with Gasteiger partial charge in [-0.1, -0.05) is 36.4 Å². The van der Waals surface area contributed by atoms with Crippen LogP contribution in [0.25, 0.3) is 0 Å². The maximum Gasteiger partial charge on any atom is 0.261 e. The van der Waals surface area contributed by atoms with Crippen molar-refractivity contribution in [2.24, 2.45) is 4.99 Å². The normalized spacial score (nSPS) is 16.2. The van der Waals surface area contributed by atoms with Crippen LogP contribution in [0, 0.1) is 0 Å². The molecule has 0 saturated carbocycles. The Bertz CT molecular complexity index is 1000. The zero-order valence-corrected chi connectivity index (χ0v) is 18.1. The summed E-state index contributed by atoms with van der Waals surface area (Å²) in [5, 5.41) is 27.0. The number of nitrogens with zero attached hydrogens (tertiary/aromatic N) is 1. The fourth-order valence-corrected chi connectivity index (χ4v) is 3.57. The number of anilines is 1. The SMILES string of the molecule is CC(C)=C1NC(=O)C(C(C[C@@H](C[C@H](C)O)Nc2ccccc2)=Nc2ccccc2)=C1O. The Morgan fingerprint density at radius 2 is 1.68 bits per heavy atom. The molecule has 31 heavy (non-hydrogen) atoms. The first kappa shape index (κ1) is 22.3. The first-order valence-electron chi connectivity index (χ1n) is 10.4. The van der Waals surface area contributed by atoms with Crippen molar-refractivity contribution in [3.63, 3.8) is 0 Å². The Morgan fingerprint density at radius 3 is 2.23 bits per heavy atom. The predicted octanol–water partition coefficient (Wildman–Crippen LogP) is 4.64. The van der Waals surface area contributed by atoms with E-state index in [0.717, 1.165) is 11.3 Å². The number of aliphatic imine (C=N–C) groups is 1. The number of benzene rings is 2. The van der Waals surface area contributed by atoms with Crippen molar-refractivity contribution in [3.8, 4) is 0 Å². The van der Waals surface area contributed by atoms with E-state index in [2.05, 4.69) is 10.6 Å². The van der Waals surface area contributed by atoms with Crippen LogP contribution in [0.5, 0.6) is 0 Å². The van der Waals surface area contributed by atoms with Crippen LogP contribution in [0.2, 0.25) is 0 Å². The molecule has 162 valence electrons. The summed E-state index contributed by atoms with van der Waals surface area (Å²) in [6.07, 6.45) is 0.248. The summed E-state index contributed by atoms with van der Waals surface area (Å²) in [4.78, 5) is 17.5. The topological polar surface area (TPSA) is 94.0 Å². The summed E-state index contributed by atoms with van der Waals surface area (Å²) in [6.45, 7) is 5.39. The van der Waals surface area contributed by atoms with Gasteiger partial charge in [-0.2, -0.15) is 0 Å². The van der Waals surface area contributed by atoms with Crippen molar-refractivity contribution in [2.45, 2.75) is 45.8 Å². The van der Waals surface area contributed by atoms with Gasteiger partial charge in [-0.15, -0.1) is 0 Å². The van der Waals surface area contributed by atoms with E-state index in [4.69, 9.17) is 4.99 Å². The Hall–Kier alpha value is -3.38. The molecule has 6 heteroatoms. The lowest BCUT2D eigenvalue weighted by Crippen LogP contribution is -2.30. The van der Waals surface area contributed by atoms with E-state index in [9.17, 15) is 15.0 Å². The average Bonchev–Trinajstić information content (AvgIpc) is 3.03. The highest BCUT2D eigenvalue weighted by Crippen LogP contribution is 2.27. The molecule has 0 fully saturated rings. The number of aliphatic hydroxyl groups is 2. The third kappa shape index (κ3) is 5.83. The molecule has 1 amide bonds. The van der Waals surface area contributed by atoms with Crippen molar-refractivity contribution in [3.05, 3.63) is 83.3 Å². The van der Waals surface area contributed by atoms with Crippen LogP contribution < -0.4 is 10.6 Å². The quantitative estimate of drug-likeness (QED) is 0.469. The summed E-state index contributed by atoms with van der Waals surface area (Å²) < 4.78 is 0. The lowest BCUT2D eigenvalue weighted by atomic mass is 9.97. The highest BCUT2D eigenvalue weighted by atomic mass is 16.3. The Morgan fingerprint density at radius 1 is 1.06 bits per heavy atom. The zero-order chi connectivity index (χ0) is 22.4. The van der Waals surface area contributed by atoms with E-state index in [-0.39, 0.29) is 23.3 Å². The van der Waals surface area contributed by atoms with Gasteiger partial charge in [-0.25, -0.2) is 0 Å². The molecule has 3 rings (SSSR count). The lowest BCUT2D eigenvalue weighted by molar-refractivity contribution is -0.115. The fourth-order valence-electron chi connectivity index (χ4n) is 3.57. The van der Waals surface area contributed by atoms with Crippen LogP contribution in [-0.4, -0.2) is 34.0 Å². The second-order valence-corrected chi connectivity index (χ2v) is 7.94. The summed E-state index contributed by atoms with van der Waals surface area (Å²) in [5.41, 5.74) is 3.46. The van der Waals surface area contributed by atoms with Crippen molar-refractivity contribution in [1.29, 1.82) is 0 Å². The van der Waals surface area contributed by atoms with Crippen LogP contribution >= 0.6 is 0 Å². The van der Waals surface area contributed by atoms with E-state index < -0.39 is 6.10 Å². The summed E-state index contributed by atoms with van der Waals surface area (Å²) in [5.74, 6) is -0.464. The van der Waals surface area contributed by atoms with Crippen LogP contribution in [0.3, 0.4) is 0 Å². The van der Waals surface area contributed by atoms with E-state index in [1.54, 1.807) is 6.92 Å². The van der Waals surface area contributed by atoms with Crippen LogP contribution in [0.15, 0.2) is 88.3 Å². The second-order valence-electron chi connectivity index (χ2n) is 7.94. The van der Waals surface area contributed by atoms with Gasteiger partial charge in [0.1, 0.15) is 5.57 Å². The van der Waals surface area contributed by atoms with Crippen LogP contribution in [0.1, 0.15) is 33.6 Å². The molecule has 1 heterocycles. The number of rotatable bonds is 8. The van der Waals surface area contributed by atoms with Gasteiger partial charge in [-0.05, 0) is 57.0 Å². The number of carbonyl (C=O) groups is 1. The highest BCUT2D eigenvalue weighted by Gasteiger charge is 2.32. The first-order chi connectivity index (χ1) is 14.8. The van der Waals surface area contributed by atoms with Gasteiger partial charge in [0.2, 0.25) is 0 Å². The van der Waals surface area contributed by atoms with E-state index in [1.807, 2.05) is 74.5 Å². The van der Waals surface area contributed by atoms with Gasteiger partial charge in [0.05, 0.1) is 23.2 Å². The van der Waals surface area contributed by atoms with Gasteiger partial charge in [0.25, 0.3) is 5.91 Å². The van der Waals surface area contributed by atoms with Gasteiger partial charge in [0, 0.05) is 18.2 Å². The molecule has 1 aliphatic heterocycles. The number of aliphatic hydroxyl groups excluding tert-OH is 2. The van der Waals surface area contributed by atoms with E-state index >= 15 is 0 Å². The van der Waals surface area contributed by atoms with Crippen molar-refractivity contribution in [2.75, 3.05) is 5.32 Å². The number of hydrogen-bond acceptors (Lipinski definition) is 5. The molecule has 0 unspecified atom stereocenters. The van der Waals surface area contributed by atoms with E-state index in [0.29, 0.717) is 29.9 Å². The molecule has 2 atom stereocenters. The molecular formula is C25H29N3O3. The third-order valence-corrected chi connectivity index (χ3v) is 4.96. The molecule has 4 N–H and O–H groups in total. The van der Waals surface area contributed by atoms with Crippen LogP contribution in [-0.2, 0) is 4.79 Å². The molecule has 0 aromatic heterocycles. The van der Waals surface area contributed by atoms with Gasteiger partial charge >= 0.3 is 0 Å². The summed E-state index contributed by atoms with van der Waals surface area (Å²) >= 11 is 0. The fraction of sp³-hybridized carbons (Fsp3) is 0.280.